The summed E-state index contributed by atoms with van der Waals surface area (Å²) < 4.78 is 57.7. The molecule has 7 nitrogen and oxygen atoms in total. The number of hydrogen-bond acceptors (Lipinski definition) is 5. The first kappa shape index (κ1) is 13.5. The summed E-state index contributed by atoms with van der Waals surface area (Å²) in [5.74, 6) is 0. The highest BCUT2D eigenvalue weighted by Gasteiger charge is 2.18. The molecule has 0 fully saturated rings. The summed E-state index contributed by atoms with van der Waals surface area (Å²) in [5.41, 5.74) is 0. The topological polar surface area (TPSA) is 140 Å². The summed E-state index contributed by atoms with van der Waals surface area (Å²) in [4.78, 5) is 0. The van der Waals surface area contributed by atoms with Crippen LogP contribution < -0.4 is 0 Å². The van der Waals surface area contributed by atoms with E-state index >= 15 is 0 Å². The zero-order valence-electron chi connectivity index (χ0n) is 6.41. The molecular formula is C4H6O7S3. The quantitative estimate of drug-likeness (QED) is 0.683. The lowest BCUT2D eigenvalue weighted by atomic mass is 10.7. The van der Waals surface area contributed by atoms with Crippen LogP contribution in [0.4, 0.5) is 0 Å². The smallest absolute Gasteiger partial charge is 0.304 e. The van der Waals surface area contributed by atoms with Crippen LogP contribution in [0.5, 0.6) is 0 Å². The molecule has 0 aliphatic carbocycles. The third-order valence-electron chi connectivity index (χ3n) is 1.07. The Morgan fingerprint density at radius 1 is 0.929 bits per heavy atom. The highest BCUT2D eigenvalue weighted by Crippen LogP contribution is 2.24. The van der Waals surface area contributed by atoms with Crippen molar-refractivity contribution in [2.45, 2.75) is 8.42 Å². The lowest BCUT2D eigenvalue weighted by molar-refractivity contribution is 0.483. The Hall–Kier alpha value is -0.520. The molecule has 4 N–H and O–H groups in total. The summed E-state index contributed by atoms with van der Waals surface area (Å²) in [6.45, 7) is 0. The molecule has 0 bridgehead atoms. The molecular weight excluding hydrogens is 256 g/mol. The van der Waals surface area contributed by atoms with Gasteiger partial charge in [-0.05, 0) is 12.1 Å². The second kappa shape index (κ2) is 3.92. The van der Waals surface area contributed by atoms with Gasteiger partial charge in [-0.3, -0.25) is 9.11 Å². The van der Waals surface area contributed by atoms with Gasteiger partial charge in [0, 0.05) is 0 Å². The lowest BCUT2D eigenvalue weighted by Gasteiger charge is -1.88. The van der Waals surface area contributed by atoms with E-state index in [-0.39, 0.29) is 16.8 Å². The van der Waals surface area contributed by atoms with Gasteiger partial charge >= 0.3 is 20.2 Å². The lowest BCUT2D eigenvalue weighted by Crippen LogP contribution is -1.94. The van der Waals surface area contributed by atoms with Gasteiger partial charge in [-0.25, -0.2) is 0 Å². The van der Waals surface area contributed by atoms with Crippen LogP contribution >= 0.6 is 11.3 Å². The van der Waals surface area contributed by atoms with E-state index in [0.29, 0.717) is 0 Å². The van der Waals surface area contributed by atoms with Crippen LogP contribution in [0.3, 0.4) is 0 Å². The van der Waals surface area contributed by atoms with Gasteiger partial charge < -0.3 is 5.48 Å². The summed E-state index contributed by atoms with van der Waals surface area (Å²) in [5, 5.41) is 0. The maximum absolute atomic E-state index is 10.5. The van der Waals surface area contributed by atoms with E-state index in [1.807, 2.05) is 0 Å². The predicted octanol–water partition coefficient (Wildman–Crippen LogP) is -0.583. The zero-order chi connectivity index (χ0) is 10.3. The molecule has 0 radical (unpaired) electrons. The Balaban J connectivity index is 0.00000169. The van der Waals surface area contributed by atoms with Crippen LogP contribution in [0.15, 0.2) is 20.6 Å². The molecule has 0 saturated heterocycles. The summed E-state index contributed by atoms with van der Waals surface area (Å²) in [7, 11) is -8.80. The number of rotatable bonds is 2. The zero-order valence-corrected chi connectivity index (χ0v) is 8.86. The summed E-state index contributed by atoms with van der Waals surface area (Å²) in [6.07, 6.45) is 0. The Morgan fingerprint density at radius 3 is 1.36 bits per heavy atom. The minimum absolute atomic E-state index is 0. The molecule has 1 heterocycles. The number of hydrogen-bond donors (Lipinski definition) is 2. The largest absolute Gasteiger partial charge is 0.412 e. The van der Waals surface area contributed by atoms with Gasteiger partial charge in [0.05, 0.1) is 0 Å². The average Bonchev–Trinajstić information content (AvgIpc) is 2.28. The van der Waals surface area contributed by atoms with Crippen molar-refractivity contribution in [2.75, 3.05) is 0 Å². The molecule has 10 heteroatoms. The Bertz CT molecular complexity index is 460. The van der Waals surface area contributed by atoms with Crippen LogP contribution in [0.1, 0.15) is 0 Å². The molecule has 1 aromatic heterocycles. The van der Waals surface area contributed by atoms with E-state index in [1.54, 1.807) is 0 Å². The normalized spacial score (nSPS) is 12.1. The van der Waals surface area contributed by atoms with Gasteiger partial charge in [0.2, 0.25) is 0 Å². The first-order valence-electron chi connectivity index (χ1n) is 2.76. The molecule has 1 rings (SSSR count). The van der Waals surface area contributed by atoms with E-state index in [1.165, 1.54) is 0 Å². The number of thiophene rings is 1. The fourth-order valence-electron chi connectivity index (χ4n) is 0.581. The molecule has 0 saturated carbocycles. The van der Waals surface area contributed by atoms with Crippen molar-refractivity contribution in [3.05, 3.63) is 12.1 Å². The third kappa shape index (κ3) is 3.01. The fourth-order valence-corrected chi connectivity index (χ4v) is 3.07. The van der Waals surface area contributed by atoms with Crippen molar-refractivity contribution in [2.24, 2.45) is 0 Å². The van der Waals surface area contributed by atoms with E-state index in [4.69, 9.17) is 9.11 Å². The van der Waals surface area contributed by atoms with Gasteiger partial charge in [0.1, 0.15) is 8.42 Å². The highest BCUT2D eigenvalue weighted by molar-refractivity contribution is 7.90. The molecule has 0 atom stereocenters. The van der Waals surface area contributed by atoms with Gasteiger partial charge in [0.15, 0.2) is 0 Å². The van der Waals surface area contributed by atoms with Crippen molar-refractivity contribution in [1.29, 1.82) is 0 Å². The van der Waals surface area contributed by atoms with Crippen LogP contribution in [-0.2, 0) is 20.2 Å². The SMILES string of the molecule is O.O=S(=O)(O)c1ccc(S(=O)(=O)O)s1. The van der Waals surface area contributed by atoms with Crippen molar-refractivity contribution in [3.8, 4) is 0 Å². The molecule has 0 unspecified atom stereocenters. The van der Waals surface area contributed by atoms with Crippen LogP contribution in [-0.4, -0.2) is 31.4 Å². The molecule has 0 aliphatic heterocycles. The van der Waals surface area contributed by atoms with Crippen molar-refractivity contribution in [1.82, 2.24) is 0 Å². The van der Waals surface area contributed by atoms with Gasteiger partial charge in [0.25, 0.3) is 0 Å². The van der Waals surface area contributed by atoms with Crippen molar-refractivity contribution < 1.29 is 31.4 Å². The van der Waals surface area contributed by atoms with Gasteiger partial charge in [-0.1, -0.05) is 0 Å². The first-order chi connectivity index (χ1) is 5.71. The summed E-state index contributed by atoms with van der Waals surface area (Å²) >= 11 is 0.271. The maximum Gasteiger partial charge on any atom is 0.304 e. The Kier molecular flexibility index (Phi) is 3.78. The Labute approximate surface area is 83.8 Å². The molecule has 14 heavy (non-hydrogen) atoms. The molecule has 0 aromatic carbocycles. The van der Waals surface area contributed by atoms with Crippen molar-refractivity contribution in [3.63, 3.8) is 0 Å². The monoisotopic (exact) mass is 262 g/mol. The predicted molar refractivity (Wildman–Crippen MR) is 47.6 cm³/mol. The fraction of sp³-hybridized carbons (Fsp3) is 0. The van der Waals surface area contributed by atoms with Crippen molar-refractivity contribution >= 4 is 31.6 Å². The molecule has 82 valence electrons. The van der Waals surface area contributed by atoms with E-state index in [2.05, 4.69) is 0 Å². The maximum atomic E-state index is 10.5. The first-order valence-corrected chi connectivity index (χ1v) is 6.46. The highest BCUT2D eigenvalue weighted by atomic mass is 32.3. The second-order valence-corrected chi connectivity index (χ2v) is 6.40. The molecule has 0 amide bonds. The van der Waals surface area contributed by atoms with Gasteiger partial charge in [-0.15, -0.1) is 11.3 Å². The van der Waals surface area contributed by atoms with Crippen LogP contribution in [0.25, 0.3) is 0 Å². The average molecular weight is 262 g/mol. The minimum Gasteiger partial charge on any atom is -0.412 e. The third-order valence-corrected chi connectivity index (χ3v) is 4.79. The summed E-state index contributed by atoms with van der Waals surface area (Å²) in [6, 6.07) is 1.78. The molecule has 1 aromatic rings. The minimum atomic E-state index is -4.40. The molecule has 0 spiro atoms. The Morgan fingerprint density at radius 2 is 1.21 bits per heavy atom. The van der Waals surface area contributed by atoms with E-state index in [0.717, 1.165) is 12.1 Å². The van der Waals surface area contributed by atoms with Crippen LogP contribution in [0.2, 0.25) is 0 Å². The van der Waals surface area contributed by atoms with Gasteiger partial charge in [-0.2, -0.15) is 16.8 Å². The standard InChI is InChI=1S/C4H4O6S3.H2O/c5-12(6,7)3-1-2-4(11-3)13(8,9)10;/h1-2H,(H,5,6,7)(H,8,9,10);1H2. The van der Waals surface area contributed by atoms with Crippen LogP contribution in [0, 0.1) is 0 Å². The van der Waals surface area contributed by atoms with E-state index in [9.17, 15) is 16.8 Å². The molecule has 0 aliphatic rings. The van der Waals surface area contributed by atoms with E-state index < -0.39 is 28.7 Å². The second-order valence-electron chi connectivity index (χ2n) is 2.02.